The van der Waals surface area contributed by atoms with Crippen molar-refractivity contribution in [2.45, 2.75) is 6.54 Å². The minimum absolute atomic E-state index is 0.208. The molecule has 0 atom stereocenters. The number of carboxylic acids is 1. The zero-order valence-electron chi connectivity index (χ0n) is 9.84. The van der Waals surface area contributed by atoms with Gasteiger partial charge < -0.3 is 19.6 Å². The Morgan fingerprint density at radius 2 is 2.28 bits per heavy atom. The first-order chi connectivity index (χ1) is 8.70. The molecule has 94 valence electrons. The minimum atomic E-state index is -0.979. The number of ether oxygens (including phenoxy) is 1. The number of hydrogen-bond acceptors (Lipinski definition) is 4. The molecule has 1 aromatic heterocycles. The zero-order chi connectivity index (χ0) is 13.0. The van der Waals surface area contributed by atoms with Gasteiger partial charge in [-0.2, -0.15) is 0 Å². The monoisotopic (exact) mass is 247 g/mol. The van der Waals surface area contributed by atoms with Gasteiger partial charge in [0.15, 0.2) is 0 Å². The van der Waals surface area contributed by atoms with E-state index in [2.05, 4.69) is 5.32 Å². The highest BCUT2D eigenvalue weighted by atomic mass is 16.5. The van der Waals surface area contributed by atoms with E-state index in [9.17, 15) is 4.79 Å². The lowest BCUT2D eigenvalue weighted by atomic mass is 10.1. The molecule has 18 heavy (non-hydrogen) atoms. The van der Waals surface area contributed by atoms with Gasteiger partial charge in [-0.1, -0.05) is 0 Å². The van der Waals surface area contributed by atoms with E-state index in [1.807, 2.05) is 6.07 Å². The molecule has 5 heteroatoms. The second kappa shape index (κ2) is 5.27. The standard InChI is InChI=1S/C13H13NO4/c1-17-10-2-3-11(13(15)16)12(6-10)14-7-9-4-5-18-8-9/h2-6,8,14H,7H2,1H3,(H,15,16). The van der Waals surface area contributed by atoms with E-state index in [1.54, 1.807) is 24.7 Å². The fourth-order valence-corrected chi connectivity index (χ4v) is 1.57. The van der Waals surface area contributed by atoms with Crippen LogP contribution >= 0.6 is 0 Å². The molecule has 0 spiro atoms. The molecule has 0 amide bonds. The van der Waals surface area contributed by atoms with Crippen LogP contribution < -0.4 is 10.1 Å². The lowest BCUT2D eigenvalue weighted by Crippen LogP contribution is -2.06. The Balaban J connectivity index is 2.20. The molecule has 1 aromatic carbocycles. The summed E-state index contributed by atoms with van der Waals surface area (Å²) < 4.78 is 10.0. The lowest BCUT2D eigenvalue weighted by molar-refractivity contribution is 0.0698. The Hall–Kier alpha value is -2.43. The van der Waals surface area contributed by atoms with Gasteiger partial charge in [0.2, 0.25) is 0 Å². The van der Waals surface area contributed by atoms with E-state index in [-0.39, 0.29) is 5.56 Å². The molecule has 2 aromatic rings. The Morgan fingerprint density at radius 3 is 2.89 bits per heavy atom. The predicted octanol–water partition coefficient (Wildman–Crippen LogP) is 2.60. The fourth-order valence-electron chi connectivity index (χ4n) is 1.57. The van der Waals surface area contributed by atoms with E-state index in [4.69, 9.17) is 14.3 Å². The van der Waals surface area contributed by atoms with Crippen molar-refractivity contribution in [3.63, 3.8) is 0 Å². The summed E-state index contributed by atoms with van der Waals surface area (Å²) in [4.78, 5) is 11.1. The SMILES string of the molecule is COc1ccc(C(=O)O)c(NCc2ccoc2)c1. The van der Waals surface area contributed by atoms with Crippen molar-refractivity contribution >= 4 is 11.7 Å². The van der Waals surface area contributed by atoms with Gasteiger partial charge >= 0.3 is 5.97 Å². The van der Waals surface area contributed by atoms with Gasteiger partial charge in [-0.3, -0.25) is 0 Å². The van der Waals surface area contributed by atoms with Gasteiger partial charge in [0, 0.05) is 18.2 Å². The number of hydrogen-bond donors (Lipinski definition) is 2. The van der Waals surface area contributed by atoms with E-state index in [1.165, 1.54) is 13.2 Å². The molecular weight excluding hydrogens is 234 g/mol. The normalized spacial score (nSPS) is 10.1. The quantitative estimate of drug-likeness (QED) is 0.849. The van der Waals surface area contributed by atoms with Gasteiger partial charge in [-0.15, -0.1) is 0 Å². The zero-order valence-corrected chi connectivity index (χ0v) is 9.84. The Labute approximate surface area is 104 Å². The molecule has 0 unspecified atom stereocenters. The fraction of sp³-hybridized carbons (Fsp3) is 0.154. The summed E-state index contributed by atoms with van der Waals surface area (Å²) in [5.41, 5.74) is 1.66. The Bertz CT molecular complexity index is 534. The maximum absolute atomic E-state index is 11.1. The maximum atomic E-state index is 11.1. The predicted molar refractivity (Wildman–Crippen MR) is 66.0 cm³/mol. The number of aromatic carboxylic acids is 1. The van der Waals surface area contributed by atoms with Crippen LogP contribution in [0.15, 0.2) is 41.2 Å². The van der Waals surface area contributed by atoms with Crippen molar-refractivity contribution in [1.82, 2.24) is 0 Å². The number of benzene rings is 1. The van der Waals surface area contributed by atoms with Crippen molar-refractivity contribution in [1.29, 1.82) is 0 Å². The number of methoxy groups -OCH3 is 1. The molecule has 5 nitrogen and oxygen atoms in total. The number of rotatable bonds is 5. The highest BCUT2D eigenvalue weighted by Crippen LogP contribution is 2.23. The average molecular weight is 247 g/mol. The summed E-state index contributed by atoms with van der Waals surface area (Å²) >= 11 is 0. The molecule has 0 saturated carbocycles. The maximum Gasteiger partial charge on any atom is 0.337 e. The van der Waals surface area contributed by atoms with Gasteiger partial charge in [0.1, 0.15) is 5.75 Å². The molecule has 0 aliphatic heterocycles. The second-order valence-corrected chi connectivity index (χ2v) is 3.70. The van der Waals surface area contributed by atoms with Crippen molar-refractivity contribution in [2.24, 2.45) is 0 Å². The van der Waals surface area contributed by atoms with E-state index >= 15 is 0 Å². The highest BCUT2D eigenvalue weighted by Gasteiger charge is 2.11. The molecule has 0 aliphatic carbocycles. The first-order valence-electron chi connectivity index (χ1n) is 5.37. The smallest absolute Gasteiger partial charge is 0.337 e. The van der Waals surface area contributed by atoms with Gasteiger partial charge in [-0.05, 0) is 18.2 Å². The van der Waals surface area contributed by atoms with Crippen LogP contribution in [0.3, 0.4) is 0 Å². The third-order valence-corrected chi connectivity index (χ3v) is 2.52. The van der Waals surface area contributed by atoms with Crippen LogP contribution in [0, 0.1) is 0 Å². The first-order valence-corrected chi connectivity index (χ1v) is 5.37. The van der Waals surface area contributed by atoms with Crippen LogP contribution in [0.1, 0.15) is 15.9 Å². The molecule has 0 aliphatic rings. The third-order valence-electron chi connectivity index (χ3n) is 2.52. The topological polar surface area (TPSA) is 71.7 Å². The van der Waals surface area contributed by atoms with E-state index < -0.39 is 5.97 Å². The molecular formula is C13H13NO4. The molecule has 2 rings (SSSR count). The number of nitrogens with one attached hydrogen (secondary N) is 1. The van der Waals surface area contributed by atoms with E-state index in [0.717, 1.165) is 5.56 Å². The van der Waals surface area contributed by atoms with Gasteiger partial charge in [-0.25, -0.2) is 4.79 Å². The number of furan rings is 1. The van der Waals surface area contributed by atoms with Gasteiger partial charge in [0.05, 0.1) is 30.9 Å². The third kappa shape index (κ3) is 2.63. The number of carbonyl (C=O) groups is 1. The lowest BCUT2D eigenvalue weighted by Gasteiger charge is -2.10. The summed E-state index contributed by atoms with van der Waals surface area (Å²) in [6.07, 6.45) is 3.17. The Morgan fingerprint density at radius 1 is 1.44 bits per heavy atom. The molecule has 0 bridgehead atoms. The van der Waals surface area contributed by atoms with Crippen LogP contribution in [-0.4, -0.2) is 18.2 Å². The van der Waals surface area contributed by atoms with Crippen LogP contribution in [0.25, 0.3) is 0 Å². The number of anilines is 1. The van der Waals surface area contributed by atoms with Crippen LogP contribution in [0.4, 0.5) is 5.69 Å². The molecule has 0 fully saturated rings. The molecule has 2 N–H and O–H groups in total. The van der Waals surface area contributed by atoms with E-state index in [0.29, 0.717) is 18.0 Å². The van der Waals surface area contributed by atoms with Crippen molar-refractivity contribution in [3.8, 4) is 5.75 Å². The van der Waals surface area contributed by atoms with Crippen molar-refractivity contribution in [3.05, 3.63) is 47.9 Å². The first kappa shape index (κ1) is 12.0. The summed E-state index contributed by atoms with van der Waals surface area (Å²) in [5.74, 6) is -0.373. The highest BCUT2D eigenvalue weighted by molar-refractivity contribution is 5.94. The molecule has 0 radical (unpaired) electrons. The van der Waals surface area contributed by atoms with Crippen LogP contribution in [0.2, 0.25) is 0 Å². The van der Waals surface area contributed by atoms with Crippen LogP contribution in [-0.2, 0) is 6.54 Å². The summed E-state index contributed by atoms with van der Waals surface area (Å²) in [7, 11) is 1.54. The Kier molecular flexibility index (Phi) is 3.52. The summed E-state index contributed by atoms with van der Waals surface area (Å²) in [5, 5.41) is 12.1. The van der Waals surface area contributed by atoms with Crippen molar-refractivity contribution < 1.29 is 19.1 Å². The second-order valence-electron chi connectivity index (χ2n) is 3.70. The largest absolute Gasteiger partial charge is 0.497 e. The summed E-state index contributed by atoms with van der Waals surface area (Å²) in [6, 6.07) is 6.60. The minimum Gasteiger partial charge on any atom is -0.497 e. The van der Waals surface area contributed by atoms with Gasteiger partial charge in [0.25, 0.3) is 0 Å². The van der Waals surface area contributed by atoms with Crippen molar-refractivity contribution in [2.75, 3.05) is 12.4 Å². The molecule has 1 heterocycles. The molecule has 0 saturated heterocycles. The summed E-state index contributed by atoms with van der Waals surface area (Å²) in [6.45, 7) is 0.490. The van der Waals surface area contributed by atoms with Crippen LogP contribution in [0.5, 0.6) is 5.75 Å². The number of carboxylic acid groups (broad SMARTS) is 1. The average Bonchev–Trinajstić information content (AvgIpc) is 2.88.